The van der Waals surface area contributed by atoms with E-state index in [-0.39, 0.29) is 16.5 Å². The minimum Gasteiger partial charge on any atom is -0.633 e. The highest BCUT2D eigenvalue weighted by atomic mass is 16.6. The molecule has 2 aliphatic rings. The molecule has 0 saturated carbocycles. The molecule has 13 heavy (non-hydrogen) atoms. The number of hydrogen-bond donors (Lipinski definition) is 0. The number of quaternary nitrogens is 1. The second-order valence-corrected chi connectivity index (χ2v) is 4.02. The fraction of sp³-hybridized carbons (Fsp3) is 0.889. The largest absolute Gasteiger partial charge is 0.633 e. The SMILES string of the molecule is O=C1OCC[N+]2([O-])CCCC1CC2. The van der Waals surface area contributed by atoms with Crippen LogP contribution < -0.4 is 0 Å². The average molecular weight is 185 g/mol. The first kappa shape index (κ1) is 8.97. The molecule has 0 spiro atoms. The summed E-state index contributed by atoms with van der Waals surface area (Å²) in [6.45, 7) is 2.00. The molecule has 0 radical (unpaired) electrons. The van der Waals surface area contributed by atoms with Gasteiger partial charge in [-0.1, -0.05) is 0 Å². The normalized spacial score (nSPS) is 40.4. The Morgan fingerprint density at radius 2 is 2.15 bits per heavy atom. The van der Waals surface area contributed by atoms with Crippen LogP contribution in [-0.4, -0.2) is 36.9 Å². The van der Waals surface area contributed by atoms with Crippen molar-refractivity contribution in [1.82, 2.24) is 0 Å². The molecule has 2 unspecified atom stereocenters. The predicted octanol–water partition coefficient (Wildman–Crippen LogP) is 0.658. The minimum atomic E-state index is -0.149. The third-order valence-electron chi connectivity index (χ3n) is 3.08. The van der Waals surface area contributed by atoms with Crippen LogP contribution in [-0.2, 0) is 9.53 Å². The Bertz CT molecular complexity index is 219. The van der Waals surface area contributed by atoms with E-state index in [0.29, 0.717) is 32.7 Å². The van der Waals surface area contributed by atoms with Crippen molar-refractivity contribution in [2.75, 3.05) is 26.2 Å². The van der Waals surface area contributed by atoms with Crippen LogP contribution in [0.25, 0.3) is 0 Å². The van der Waals surface area contributed by atoms with E-state index in [1.165, 1.54) is 0 Å². The van der Waals surface area contributed by atoms with E-state index >= 15 is 0 Å². The van der Waals surface area contributed by atoms with Gasteiger partial charge in [0, 0.05) is 6.42 Å². The Morgan fingerprint density at radius 1 is 1.31 bits per heavy atom. The van der Waals surface area contributed by atoms with E-state index in [2.05, 4.69) is 0 Å². The van der Waals surface area contributed by atoms with Gasteiger partial charge in [0.25, 0.3) is 0 Å². The quantitative estimate of drug-likeness (QED) is 0.316. The number of carbonyl (C=O) groups is 1. The molecule has 2 aliphatic heterocycles. The van der Waals surface area contributed by atoms with Crippen LogP contribution in [0, 0.1) is 11.1 Å². The fourth-order valence-corrected chi connectivity index (χ4v) is 2.16. The van der Waals surface area contributed by atoms with Crippen LogP contribution in [0.5, 0.6) is 0 Å². The van der Waals surface area contributed by atoms with Crippen LogP contribution in [0.2, 0.25) is 0 Å². The van der Waals surface area contributed by atoms with E-state index in [9.17, 15) is 10.0 Å². The summed E-state index contributed by atoms with van der Waals surface area (Å²) in [6.07, 6.45) is 2.41. The Hall–Kier alpha value is -0.610. The van der Waals surface area contributed by atoms with Gasteiger partial charge in [-0.25, -0.2) is 0 Å². The van der Waals surface area contributed by atoms with Crippen molar-refractivity contribution in [1.29, 1.82) is 0 Å². The van der Waals surface area contributed by atoms with Gasteiger partial charge in [0.15, 0.2) is 0 Å². The molecule has 0 aliphatic carbocycles. The van der Waals surface area contributed by atoms with Gasteiger partial charge >= 0.3 is 5.97 Å². The summed E-state index contributed by atoms with van der Waals surface area (Å²) in [7, 11) is 0. The van der Waals surface area contributed by atoms with E-state index in [0.717, 1.165) is 12.8 Å². The second kappa shape index (κ2) is 3.27. The highest BCUT2D eigenvalue weighted by Gasteiger charge is 2.31. The molecule has 0 aromatic heterocycles. The van der Waals surface area contributed by atoms with E-state index in [1.54, 1.807) is 0 Å². The van der Waals surface area contributed by atoms with Crippen molar-refractivity contribution < 1.29 is 14.2 Å². The van der Waals surface area contributed by atoms with Crippen molar-refractivity contribution in [3.63, 3.8) is 0 Å². The summed E-state index contributed by atoms with van der Waals surface area (Å²) in [4.78, 5) is 11.3. The molecule has 0 amide bonds. The predicted molar refractivity (Wildman–Crippen MR) is 46.5 cm³/mol. The third-order valence-corrected chi connectivity index (χ3v) is 3.08. The van der Waals surface area contributed by atoms with Crippen LogP contribution >= 0.6 is 0 Å². The van der Waals surface area contributed by atoms with Crippen molar-refractivity contribution in [2.24, 2.45) is 5.92 Å². The van der Waals surface area contributed by atoms with Gasteiger partial charge in [0.1, 0.15) is 13.2 Å². The Kier molecular flexibility index (Phi) is 2.26. The molecule has 4 nitrogen and oxygen atoms in total. The number of hydrogen-bond acceptors (Lipinski definition) is 3. The van der Waals surface area contributed by atoms with Crippen LogP contribution in [0.1, 0.15) is 19.3 Å². The molecule has 2 bridgehead atoms. The zero-order chi connectivity index (χ0) is 9.31. The van der Waals surface area contributed by atoms with E-state index in [4.69, 9.17) is 4.74 Å². The monoisotopic (exact) mass is 185 g/mol. The molecule has 4 heteroatoms. The summed E-state index contributed by atoms with van der Waals surface area (Å²) in [5.74, 6) is -0.0950. The van der Waals surface area contributed by atoms with Gasteiger partial charge in [-0.2, -0.15) is 0 Å². The van der Waals surface area contributed by atoms with Crippen molar-refractivity contribution in [3.05, 3.63) is 5.21 Å². The summed E-state index contributed by atoms with van der Waals surface area (Å²) in [5, 5.41) is 12.0. The molecule has 2 saturated heterocycles. The van der Waals surface area contributed by atoms with Crippen molar-refractivity contribution in [2.45, 2.75) is 19.3 Å². The number of rotatable bonds is 0. The Balaban J connectivity index is 2.14. The van der Waals surface area contributed by atoms with Crippen molar-refractivity contribution >= 4 is 5.97 Å². The topological polar surface area (TPSA) is 49.4 Å². The van der Waals surface area contributed by atoms with Crippen molar-refractivity contribution in [3.8, 4) is 0 Å². The Morgan fingerprint density at radius 3 is 3.00 bits per heavy atom. The van der Waals surface area contributed by atoms with E-state index < -0.39 is 0 Å². The first-order valence-electron chi connectivity index (χ1n) is 4.93. The molecular formula is C9H15NO3. The maximum absolute atomic E-state index is 12.0. The molecule has 2 atom stereocenters. The van der Waals surface area contributed by atoms with Crippen LogP contribution in [0.4, 0.5) is 0 Å². The molecule has 2 fully saturated rings. The lowest BCUT2D eigenvalue weighted by molar-refractivity contribution is -0.880. The molecular weight excluding hydrogens is 170 g/mol. The van der Waals surface area contributed by atoms with Gasteiger partial charge < -0.3 is 14.6 Å². The fourth-order valence-electron chi connectivity index (χ4n) is 2.16. The number of cyclic esters (lactones) is 1. The van der Waals surface area contributed by atoms with Gasteiger partial charge in [-0.05, 0) is 12.8 Å². The van der Waals surface area contributed by atoms with Gasteiger partial charge in [-0.3, -0.25) is 4.79 Å². The number of hydroxylamine groups is 3. The Labute approximate surface area is 77.6 Å². The molecule has 0 aromatic rings. The number of esters is 1. The third kappa shape index (κ3) is 1.84. The number of nitrogens with zero attached hydrogens (tertiary/aromatic N) is 1. The summed E-state index contributed by atoms with van der Waals surface area (Å²) in [6, 6.07) is 0. The van der Waals surface area contributed by atoms with E-state index in [1.807, 2.05) is 0 Å². The molecule has 2 rings (SSSR count). The maximum atomic E-state index is 12.0. The van der Waals surface area contributed by atoms with Crippen LogP contribution in [0.3, 0.4) is 0 Å². The highest BCUT2D eigenvalue weighted by molar-refractivity contribution is 5.72. The molecule has 74 valence electrons. The number of carbonyl (C=O) groups excluding carboxylic acids is 1. The summed E-state index contributed by atoms with van der Waals surface area (Å²) >= 11 is 0. The van der Waals surface area contributed by atoms with Gasteiger partial charge in [0.2, 0.25) is 0 Å². The lowest BCUT2D eigenvalue weighted by Gasteiger charge is -2.42. The second-order valence-electron chi connectivity index (χ2n) is 4.02. The first-order chi connectivity index (χ1) is 6.20. The van der Waals surface area contributed by atoms with Crippen LogP contribution in [0.15, 0.2) is 0 Å². The lowest BCUT2D eigenvalue weighted by atomic mass is 10.0. The minimum absolute atomic E-state index is 0.00532. The number of fused-ring (bicyclic) bond motifs is 3. The zero-order valence-electron chi connectivity index (χ0n) is 7.70. The molecule has 2 heterocycles. The number of ether oxygens (including phenoxy) is 1. The van der Waals surface area contributed by atoms with Gasteiger partial charge in [0.05, 0.1) is 19.0 Å². The standard InChI is InChI=1S/C9H15NO3/c11-9-8-2-1-4-10(12,5-3-8)6-7-13-9/h8H,1-7H2. The molecule has 0 N–H and O–H groups in total. The smallest absolute Gasteiger partial charge is 0.309 e. The lowest BCUT2D eigenvalue weighted by Crippen LogP contribution is -2.46. The molecule has 0 aromatic carbocycles. The zero-order valence-corrected chi connectivity index (χ0v) is 7.70. The highest BCUT2D eigenvalue weighted by Crippen LogP contribution is 2.25. The summed E-state index contributed by atoms with van der Waals surface area (Å²) in [5.41, 5.74) is 0. The first-order valence-corrected chi connectivity index (χ1v) is 4.93. The summed E-state index contributed by atoms with van der Waals surface area (Å²) < 4.78 is 4.86. The van der Waals surface area contributed by atoms with Gasteiger partial charge in [-0.15, -0.1) is 0 Å². The maximum Gasteiger partial charge on any atom is 0.309 e. The average Bonchev–Trinajstić information content (AvgIpc) is 2.23.